The fourth-order valence-electron chi connectivity index (χ4n) is 2.11. The average molecular weight is 310 g/mol. The van der Waals surface area contributed by atoms with Gasteiger partial charge < -0.3 is 4.52 Å². The number of aromatic nitrogens is 6. The van der Waals surface area contributed by atoms with E-state index in [1.807, 2.05) is 29.0 Å². The van der Waals surface area contributed by atoms with Crippen LogP contribution >= 0.6 is 11.8 Å². The molecule has 0 saturated heterocycles. The second kappa shape index (κ2) is 5.23. The summed E-state index contributed by atoms with van der Waals surface area (Å²) < 4.78 is 7.23. The highest BCUT2D eigenvalue weighted by Crippen LogP contribution is 2.24. The maximum absolute atomic E-state index is 5.37. The Balaban J connectivity index is 1.78. The molecule has 0 aliphatic heterocycles. The number of thioether (sulfide) groups is 1. The summed E-state index contributed by atoms with van der Waals surface area (Å²) in [6, 6.07) is 3.76. The van der Waals surface area contributed by atoms with Crippen LogP contribution in [-0.4, -0.2) is 35.7 Å². The maximum atomic E-state index is 5.37. The molecule has 4 aromatic rings. The first-order chi connectivity index (χ1) is 10.8. The first kappa shape index (κ1) is 13.0. The van der Waals surface area contributed by atoms with Crippen LogP contribution in [0.3, 0.4) is 0 Å². The zero-order valence-electron chi connectivity index (χ0n) is 11.5. The van der Waals surface area contributed by atoms with E-state index in [4.69, 9.17) is 4.52 Å². The van der Waals surface area contributed by atoms with Gasteiger partial charge in [-0.2, -0.15) is 4.98 Å². The Morgan fingerprint density at radius 1 is 1.18 bits per heavy atom. The summed E-state index contributed by atoms with van der Waals surface area (Å²) in [5.74, 6) is 0.938. The summed E-state index contributed by atoms with van der Waals surface area (Å²) in [7, 11) is 0. The molecule has 0 fully saturated rings. The minimum Gasteiger partial charge on any atom is -0.334 e. The molecule has 0 radical (unpaired) electrons. The molecule has 0 amide bonds. The molecule has 22 heavy (non-hydrogen) atoms. The number of nitrogens with zero attached hydrogens (tertiary/aromatic N) is 6. The molecule has 0 atom stereocenters. The molecular weight excluding hydrogens is 300 g/mol. The van der Waals surface area contributed by atoms with Gasteiger partial charge in [0.25, 0.3) is 5.89 Å². The summed E-state index contributed by atoms with van der Waals surface area (Å²) in [4.78, 5) is 17.0. The Bertz CT molecular complexity index is 947. The van der Waals surface area contributed by atoms with Crippen molar-refractivity contribution in [2.45, 2.75) is 5.03 Å². The van der Waals surface area contributed by atoms with Crippen LogP contribution in [0.25, 0.3) is 28.6 Å². The molecule has 0 unspecified atom stereocenters. The van der Waals surface area contributed by atoms with Crippen LogP contribution < -0.4 is 0 Å². The van der Waals surface area contributed by atoms with E-state index in [1.165, 1.54) is 0 Å². The summed E-state index contributed by atoms with van der Waals surface area (Å²) >= 11 is 1.56. The molecule has 7 nitrogen and oxygen atoms in total. The summed E-state index contributed by atoms with van der Waals surface area (Å²) in [6.45, 7) is 0. The van der Waals surface area contributed by atoms with Crippen molar-refractivity contribution >= 4 is 17.4 Å². The molecule has 0 spiro atoms. The van der Waals surface area contributed by atoms with E-state index in [2.05, 4.69) is 25.1 Å². The van der Waals surface area contributed by atoms with Crippen molar-refractivity contribution in [1.29, 1.82) is 0 Å². The highest BCUT2D eigenvalue weighted by atomic mass is 32.2. The van der Waals surface area contributed by atoms with Gasteiger partial charge in [0, 0.05) is 24.2 Å². The Hall–Kier alpha value is -2.74. The van der Waals surface area contributed by atoms with Gasteiger partial charge in [0.1, 0.15) is 5.69 Å². The second-order valence-electron chi connectivity index (χ2n) is 4.46. The van der Waals surface area contributed by atoms with E-state index < -0.39 is 0 Å². The van der Waals surface area contributed by atoms with Gasteiger partial charge in [-0.1, -0.05) is 5.16 Å². The number of imidazole rings is 1. The maximum Gasteiger partial charge on any atom is 0.258 e. The quantitative estimate of drug-likeness (QED) is 0.538. The van der Waals surface area contributed by atoms with Crippen LogP contribution in [0.2, 0.25) is 0 Å². The van der Waals surface area contributed by atoms with Crippen LogP contribution in [0.5, 0.6) is 0 Å². The smallest absolute Gasteiger partial charge is 0.258 e. The van der Waals surface area contributed by atoms with Gasteiger partial charge in [-0.05, 0) is 18.4 Å². The van der Waals surface area contributed by atoms with Gasteiger partial charge in [-0.25, -0.2) is 9.97 Å². The van der Waals surface area contributed by atoms with Gasteiger partial charge in [-0.3, -0.25) is 9.38 Å². The zero-order valence-corrected chi connectivity index (χ0v) is 12.4. The lowest BCUT2D eigenvalue weighted by atomic mass is 10.3. The number of hydrogen-bond acceptors (Lipinski definition) is 7. The number of hydrogen-bond donors (Lipinski definition) is 0. The van der Waals surface area contributed by atoms with Crippen molar-refractivity contribution in [2.75, 3.05) is 6.26 Å². The fraction of sp³-hybridized carbons (Fsp3) is 0.0714. The highest BCUT2D eigenvalue weighted by molar-refractivity contribution is 7.98. The van der Waals surface area contributed by atoms with Crippen LogP contribution in [0.4, 0.5) is 0 Å². The Labute approximate surface area is 129 Å². The van der Waals surface area contributed by atoms with Gasteiger partial charge in [-0.15, -0.1) is 11.8 Å². The Morgan fingerprint density at radius 2 is 2.14 bits per heavy atom. The molecule has 4 aromatic heterocycles. The van der Waals surface area contributed by atoms with E-state index in [0.29, 0.717) is 11.7 Å². The highest BCUT2D eigenvalue weighted by Gasteiger charge is 2.14. The number of pyridine rings is 1. The molecule has 0 aromatic carbocycles. The van der Waals surface area contributed by atoms with Gasteiger partial charge in [0.15, 0.2) is 5.65 Å². The van der Waals surface area contributed by atoms with Gasteiger partial charge >= 0.3 is 0 Å². The number of fused-ring (bicyclic) bond motifs is 1. The van der Waals surface area contributed by atoms with Gasteiger partial charge in [0.05, 0.1) is 17.4 Å². The SMILES string of the molecule is CSc1cc(-c2nc(-c3cnc4cnccn34)no2)ccn1. The molecule has 8 heteroatoms. The summed E-state index contributed by atoms with van der Waals surface area (Å²) in [6.07, 6.45) is 10.6. The predicted octanol–water partition coefficient (Wildman–Crippen LogP) is 2.56. The van der Waals surface area contributed by atoms with E-state index in [0.717, 1.165) is 21.9 Å². The minimum atomic E-state index is 0.455. The topological polar surface area (TPSA) is 82.0 Å². The van der Waals surface area contributed by atoms with Crippen LogP contribution in [-0.2, 0) is 0 Å². The average Bonchev–Trinajstić information content (AvgIpc) is 3.21. The second-order valence-corrected chi connectivity index (χ2v) is 5.28. The third-order valence-electron chi connectivity index (χ3n) is 3.16. The van der Waals surface area contributed by atoms with Crippen molar-refractivity contribution in [3.8, 4) is 23.0 Å². The van der Waals surface area contributed by atoms with Crippen molar-refractivity contribution in [2.24, 2.45) is 0 Å². The third-order valence-corrected chi connectivity index (χ3v) is 3.80. The van der Waals surface area contributed by atoms with Crippen LogP contribution in [0, 0.1) is 0 Å². The van der Waals surface area contributed by atoms with Crippen molar-refractivity contribution in [3.05, 3.63) is 43.1 Å². The first-order valence-electron chi connectivity index (χ1n) is 6.47. The lowest BCUT2D eigenvalue weighted by Crippen LogP contribution is -1.90. The minimum absolute atomic E-state index is 0.455. The molecule has 4 rings (SSSR count). The van der Waals surface area contributed by atoms with Crippen LogP contribution in [0.15, 0.2) is 52.7 Å². The number of rotatable bonds is 3. The lowest BCUT2D eigenvalue weighted by Gasteiger charge is -1.97. The molecule has 0 bridgehead atoms. The summed E-state index contributed by atoms with van der Waals surface area (Å²) in [5, 5.41) is 4.95. The van der Waals surface area contributed by atoms with Crippen LogP contribution in [0.1, 0.15) is 0 Å². The van der Waals surface area contributed by atoms with E-state index in [1.54, 1.807) is 36.5 Å². The van der Waals surface area contributed by atoms with E-state index in [-0.39, 0.29) is 0 Å². The van der Waals surface area contributed by atoms with Crippen molar-refractivity contribution < 1.29 is 4.52 Å². The Morgan fingerprint density at radius 3 is 3.05 bits per heavy atom. The van der Waals surface area contributed by atoms with E-state index >= 15 is 0 Å². The fourth-order valence-corrected chi connectivity index (χ4v) is 2.52. The summed E-state index contributed by atoms with van der Waals surface area (Å²) in [5.41, 5.74) is 2.33. The van der Waals surface area contributed by atoms with E-state index in [9.17, 15) is 0 Å². The Kier molecular flexibility index (Phi) is 3.08. The largest absolute Gasteiger partial charge is 0.334 e. The normalized spacial score (nSPS) is 11.1. The van der Waals surface area contributed by atoms with Crippen molar-refractivity contribution in [3.63, 3.8) is 0 Å². The molecule has 108 valence electrons. The molecule has 0 aliphatic carbocycles. The monoisotopic (exact) mass is 310 g/mol. The standard InChI is InChI=1S/C14H10N6OS/c1-22-12-6-9(2-3-16-12)14-18-13(19-21-14)10-7-17-11-8-15-4-5-20(10)11/h2-8H,1H3. The third kappa shape index (κ3) is 2.13. The molecule has 4 heterocycles. The predicted molar refractivity (Wildman–Crippen MR) is 81.3 cm³/mol. The lowest BCUT2D eigenvalue weighted by molar-refractivity contribution is 0.432. The molecular formula is C14H10N6OS. The van der Waals surface area contributed by atoms with Crippen molar-refractivity contribution in [1.82, 2.24) is 29.5 Å². The molecule has 0 N–H and O–H groups in total. The molecule has 0 saturated carbocycles. The van der Waals surface area contributed by atoms with Gasteiger partial charge in [0.2, 0.25) is 5.82 Å². The first-order valence-corrected chi connectivity index (χ1v) is 7.69. The molecule has 0 aliphatic rings. The zero-order chi connectivity index (χ0) is 14.9.